The van der Waals surface area contributed by atoms with Gasteiger partial charge in [0.1, 0.15) is 5.76 Å². The molecule has 0 fully saturated rings. The SMILES string of the molecule is C/C=C(/O)c1cccc(Nc2nc3ccccc3nc2N)c1.CC. The Kier molecular flexibility index (Phi) is 5.73. The number of nitrogens with one attached hydrogen (secondary N) is 1. The van der Waals surface area contributed by atoms with Gasteiger partial charge in [-0.1, -0.05) is 38.1 Å². The highest BCUT2D eigenvalue weighted by molar-refractivity contribution is 5.81. The summed E-state index contributed by atoms with van der Waals surface area (Å²) < 4.78 is 0. The maximum Gasteiger partial charge on any atom is 0.174 e. The minimum absolute atomic E-state index is 0.223. The van der Waals surface area contributed by atoms with Gasteiger partial charge in [-0.15, -0.1) is 0 Å². The number of para-hydroxylation sites is 2. The normalized spacial score (nSPS) is 10.9. The fourth-order valence-electron chi connectivity index (χ4n) is 2.17. The third-order valence-electron chi connectivity index (χ3n) is 3.29. The Labute approximate surface area is 141 Å². The van der Waals surface area contributed by atoms with Crippen LogP contribution in [0.25, 0.3) is 16.8 Å². The van der Waals surface area contributed by atoms with Crippen LogP contribution in [-0.4, -0.2) is 15.1 Å². The monoisotopic (exact) mass is 322 g/mol. The van der Waals surface area contributed by atoms with E-state index in [4.69, 9.17) is 5.73 Å². The molecular formula is C19H22N4O. The number of hydrogen-bond acceptors (Lipinski definition) is 5. The van der Waals surface area contributed by atoms with Crippen LogP contribution in [0.4, 0.5) is 17.3 Å². The third kappa shape index (κ3) is 3.81. The molecule has 0 saturated heterocycles. The molecule has 5 heteroatoms. The average molecular weight is 322 g/mol. The number of fused-ring (bicyclic) bond motifs is 1. The number of nitrogens with two attached hydrogens (primary N) is 1. The smallest absolute Gasteiger partial charge is 0.174 e. The molecule has 2 aromatic carbocycles. The number of anilines is 3. The largest absolute Gasteiger partial charge is 0.508 e. The lowest BCUT2D eigenvalue weighted by Crippen LogP contribution is -2.02. The number of benzene rings is 2. The van der Waals surface area contributed by atoms with E-state index >= 15 is 0 Å². The van der Waals surface area contributed by atoms with Gasteiger partial charge in [-0.3, -0.25) is 0 Å². The Morgan fingerprint density at radius 1 is 1.04 bits per heavy atom. The summed E-state index contributed by atoms with van der Waals surface area (Å²) in [5, 5.41) is 12.9. The highest BCUT2D eigenvalue weighted by atomic mass is 16.3. The van der Waals surface area contributed by atoms with Crippen molar-refractivity contribution in [3.63, 3.8) is 0 Å². The quantitative estimate of drug-likeness (QED) is 0.597. The van der Waals surface area contributed by atoms with E-state index in [0.717, 1.165) is 22.3 Å². The Morgan fingerprint density at radius 2 is 1.71 bits per heavy atom. The second-order valence-electron chi connectivity index (χ2n) is 4.83. The minimum atomic E-state index is 0.223. The van der Waals surface area contributed by atoms with Crippen LogP contribution in [0.15, 0.2) is 54.6 Å². The molecule has 1 aromatic heterocycles. The summed E-state index contributed by atoms with van der Waals surface area (Å²) in [7, 11) is 0. The highest BCUT2D eigenvalue weighted by Crippen LogP contribution is 2.24. The predicted molar refractivity (Wildman–Crippen MR) is 101 cm³/mol. The molecule has 0 radical (unpaired) electrons. The fraction of sp³-hybridized carbons (Fsp3) is 0.158. The van der Waals surface area contributed by atoms with Crippen LogP contribution in [0.3, 0.4) is 0 Å². The molecule has 5 nitrogen and oxygen atoms in total. The van der Waals surface area contributed by atoms with Crippen molar-refractivity contribution in [1.82, 2.24) is 9.97 Å². The molecular weight excluding hydrogens is 300 g/mol. The lowest BCUT2D eigenvalue weighted by Gasteiger charge is -2.10. The predicted octanol–water partition coefficient (Wildman–Crippen LogP) is 4.90. The van der Waals surface area contributed by atoms with E-state index in [1.807, 2.05) is 62.4 Å². The van der Waals surface area contributed by atoms with Gasteiger partial charge in [-0.2, -0.15) is 0 Å². The second kappa shape index (κ2) is 7.97. The molecule has 3 aromatic rings. The summed E-state index contributed by atoms with van der Waals surface area (Å²) in [6, 6.07) is 14.9. The van der Waals surface area contributed by atoms with Gasteiger partial charge < -0.3 is 16.2 Å². The first kappa shape index (κ1) is 17.3. The van der Waals surface area contributed by atoms with Crippen LogP contribution < -0.4 is 11.1 Å². The Bertz CT molecular complexity index is 859. The Balaban J connectivity index is 0.00000100. The van der Waals surface area contributed by atoms with E-state index in [1.165, 1.54) is 0 Å². The summed E-state index contributed by atoms with van der Waals surface area (Å²) in [5.74, 6) is 1.05. The molecule has 0 aliphatic carbocycles. The van der Waals surface area contributed by atoms with E-state index in [1.54, 1.807) is 13.0 Å². The van der Waals surface area contributed by atoms with Crippen LogP contribution in [0.1, 0.15) is 26.3 Å². The van der Waals surface area contributed by atoms with Crippen LogP contribution in [0.5, 0.6) is 0 Å². The first-order chi connectivity index (χ1) is 11.7. The molecule has 0 unspecified atom stereocenters. The van der Waals surface area contributed by atoms with Crippen molar-refractivity contribution in [2.24, 2.45) is 0 Å². The van der Waals surface area contributed by atoms with Gasteiger partial charge >= 0.3 is 0 Å². The molecule has 124 valence electrons. The zero-order chi connectivity index (χ0) is 17.5. The summed E-state index contributed by atoms with van der Waals surface area (Å²) in [5.41, 5.74) is 8.99. The Morgan fingerprint density at radius 3 is 2.38 bits per heavy atom. The second-order valence-corrected chi connectivity index (χ2v) is 4.83. The van der Waals surface area contributed by atoms with Crippen molar-refractivity contribution in [3.8, 4) is 0 Å². The van der Waals surface area contributed by atoms with Crippen molar-refractivity contribution < 1.29 is 5.11 Å². The first-order valence-corrected chi connectivity index (χ1v) is 7.92. The minimum Gasteiger partial charge on any atom is -0.508 e. The van der Waals surface area contributed by atoms with Crippen LogP contribution in [0.2, 0.25) is 0 Å². The van der Waals surface area contributed by atoms with Crippen molar-refractivity contribution in [2.45, 2.75) is 20.8 Å². The number of rotatable bonds is 3. The number of aliphatic hydroxyl groups is 1. The van der Waals surface area contributed by atoms with Crippen molar-refractivity contribution in [1.29, 1.82) is 0 Å². The van der Waals surface area contributed by atoms with Gasteiger partial charge in [-0.25, -0.2) is 9.97 Å². The molecule has 24 heavy (non-hydrogen) atoms. The molecule has 4 N–H and O–H groups in total. The zero-order valence-corrected chi connectivity index (χ0v) is 14.1. The van der Waals surface area contributed by atoms with E-state index in [0.29, 0.717) is 11.6 Å². The Hall–Kier alpha value is -3.08. The van der Waals surface area contributed by atoms with Crippen molar-refractivity contribution >= 4 is 34.1 Å². The lowest BCUT2D eigenvalue weighted by atomic mass is 10.1. The van der Waals surface area contributed by atoms with Gasteiger partial charge in [0.05, 0.1) is 11.0 Å². The number of nitrogen functional groups attached to an aromatic ring is 1. The molecule has 0 aliphatic rings. The molecule has 0 spiro atoms. The van der Waals surface area contributed by atoms with Crippen molar-refractivity contribution in [3.05, 3.63) is 60.2 Å². The van der Waals surface area contributed by atoms with E-state index in [2.05, 4.69) is 15.3 Å². The molecule has 0 amide bonds. The first-order valence-electron chi connectivity index (χ1n) is 7.92. The number of aromatic nitrogens is 2. The molecule has 0 atom stereocenters. The maximum absolute atomic E-state index is 9.80. The molecule has 1 heterocycles. The summed E-state index contributed by atoms with van der Waals surface area (Å²) in [4.78, 5) is 8.83. The van der Waals surface area contributed by atoms with E-state index in [9.17, 15) is 5.11 Å². The van der Waals surface area contributed by atoms with Crippen LogP contribution in [0, 0.1) is 0 Å². The molecule has 0 aliphatic heterocycles. The molecule has 3 rings (SSSR count). The van der Waals surface area contributed by atoms with Gasteiger partial charge in [0.15, 0.2) is 11.6 Å². The van der Waals surface area contributed by atoms with Gasteiger partial charge in [0.2, 0.25) is 0 Å². The van der Waals surface area contributed by atoms with Gasteiger partial charge in [0.25, 0.3) is 0 Å². The van der Waals surface area contributed by atoms with E-state index in [-0.39, 0.29) is 5.76 Å². The number of allylic oxidation sites excluding steroid dienone is 1. The number of aliphatic hydroxyl groups excluding tert-OH is 1. The zero-order valence-electron chi connectivity index (χ0n) is 14.1. The lowest BCUT2D eigenvalue weighted by molar-refractivity contribution is 0.511. The standard InChI is InChI=1S/C17H16N4O.C2H6/c1-2-15(22)11-6-5-7-12(10-11)19-17-16(18)20-13-8-3-4-9-14(13)21-17;1-2/h2-10,22H,1H3,(H2,18,20)(H,19,21);1-2H3/b15-2+;. The van der Waals surface area contributed by atoms with Gasteiger partial charge in [0, 0.05) is 11.3 Å². The average Bonchev–Trinajstić information content (AvgIpc) is 2.63. The van der Waals surface area contributed by atoms with Crippen molar-refractivity contribution in [2.75, 3.05) is 11.1 Å². The number of nitrogens with zero attached hydrogens (tertiary/aromatic N) is 2. The fourth-order valence-corrected chi connectivity index (χ4v) is 2.17. The highest BCUT2D eigenvalue weighted by Gasteiger charge is 2.07. The topological polar surface area (TPSA) is 84.1 Å². The summed E-state index contributed by atoms with van der Waals surface area (Å²) >= 11 is 0. The molecule has 0 saturated carbocycles. The summed E-state index contributed by atoms with van der Waals surface area (Å²) in [6.45, 7) is 5.78. The van der Waals surface area contributed by atoms with Crippen LogP contribution in [-0.2, 0) is 0 Å². The van der Waals surface area contributed by atoms with Gasteiger partial charge in [-0.05, 0) is 37.3 Å². The summed E-state index contributed by atoms with van der Waals surface area (Å²) in [6.07, 6.45) is 1.64. The third-order valence-corrected chi connectivity index (χ3v) is 3.29. The molecule has 0 bridgehead atoms. The van der Waals surface area contributed by atoms with Crippen LogP contribution >= 0.6 is 0 Å². The number of hydrogen-bond donors (Lipinski definition) is 3. The maximum atomic E-state index is 9.80. The van der Waals surface area contributed by atoms with E-state index < -0.39 is 0 Å².